The molecule has 13 heavy (non-hydrogen) atoms. The van der Waals surface area contributed by atoms with Gasteiger partial charge in [-0.3, -0.25) is 4.79 Å². The first kappa shape index (κ1) is 9.20. The molecule has 2 saturated carbocycles. The highest BCUT2D eigenvalue weighted by molar-refractivity contribution is 5.82. The molecular weight excluding hydrogens is 162 g/mol. The third-order valence-electron chi connectivity index (χ3n) is 3.56. The third kappa shape index (κ3) is 2.11. The van der Waals surface area contributed by atoms with Crippen LogP contribution < -0.4 is 5.73 Å². The minimum atomic E-state index is 0.325. The van der Waals surface area contributed by atoms with Crippen LogP contribution in [0, 0.1) is 17.8 Å². The van der Waals surface area contributed by atoms with E-state index in [1.54, 1.807) is 0 Å². The molecule has 2 N–H and O–H groups in total. The highest BCUT2D eigenvalue weighted by Crippen LogP contribution is 2.38. The molecule has 74 valence electrons. The lowest BCUT2D eigenvalue weighted by Gasteiger charge is -2.15. The average Bonchev–Trinajstić information content (AvgIpc) is 2.82. The van der Waals surface area contributed by atoms with Crippen LogP contribution in [0.5, 0.6) is 0 Å². The fourth-order valence-electron chi connectivity index (χ4n) is 2.50. The Balaban J connectivity index is 1.86. The van der Waals surface area contributed by atoms with Crippen molar-refractivity contribution in [2.75, 3.05) is 6.54 Å². The molecule has 0 saturated heterocycles. The van der Waals surface area contributed by atoms with Gasteiger partial charge in [0.1, 0.15) is 5.78 Å². The largest absolute Gasteiger partial charge is 0.330 e. The summed E-state index contributed by atoms with van der Waals surface area (Å²) in [5, 5.41) is 0. The summed E-state index contributed by atoms with van der Waals surface area (Å²) in [5.41, 5.74) is 5.66. The van der Waals surface area contributed by atoms with Gasteiger partial charge < -0.3 is 5.73 Å². The summed E-state index contributed by atoms with van der Waals surface area (Å²) in [6, 6.07) is 0. The van der Waals surface area contributed by atoms with Crippen molar-refractivity contribution in [1.29, 1.82) is 0 Å². The number of Topliss-reactive ketones (excluding diaryl/α,β-unsaturated/α-hetero) is 1. The molecule has 0 spiro atoms. The average molecular weight is 181 g/mol. The first-order chi connectivity index (χ1) is 6.31. The maximum absolute atomic E-state index is 11.8. The van der Waals surface area contributed by atoms with E-state index in [-0.39, 0.29) is 0 Å². The van der Waals surface area contributed by atoms with E-state index in [0.717, 1.165) is 18.8 Å². The Morgan fingerprint density at radius 3 is 2.62 bits per heavy atom. The van der Waals surface area contributed by atoms with Crippen LogP contribution in [0.3, 0.4) is 0 Å². The van der Waals surface area contributed by atoms with Crippen molar-refractivity contribution >= 4 is 5.78 Å². The summed E-state index contributed by atoms with van der Waals surface area (Å²) in [6.45, 7) is 0.709. The van der Waals surface area contributed by atoms with Crippen molar-refractivity contribution in [1.82, 2.24) is 0 Å². The molecule has 2 heteroatoms. The van der Waals surface area contributed by atoms with E-state index >= 15 is 0 Å². The second kappa shape index (κ2) is 3.79. The highest BCUT2D eigenvalue weighted by atomic mass is 16.1. The van der Waals surface area contributed by atoms with Gasteiger partial charge in [-0.1, -0.05) is 6.42 Å². The Morgan fingerprint density at radius 2 is 2.00 bits per heavy atom. The lowest BCUT2D eigenvalue weighted by atomic mass is 9.89. The number of rotatable bonds is 4. The summed E-state index contributed by atoms with van der Waals surface area (Å²) in [6.07, 6.45) is 6.91. The van der Waals surface area contributed by atoms with Gasteiger partial charge in [-0.15, -0.1) is 0 Å². The number of ketones is 1. The van der Waals surface area contributed by atoms with Crippen LogP contribution in [-0.2, 0) is 4.79 Å². The van der Waals surface area contributed by atoms with Crippen molar-refractivity contribution in [3.05, 3.63) is 0 Å². The second-order valence-electron chi connectivity index (χ2n) is 4.65. The molecule has 0 radical (unpaired) electrons. The highest BCUT2D eigenvalue weighted by Gasteiger charge is 2.34. The van der Waals surface area contributed by atoms with E-state index in [0.29, 0.717) is 24.2 Å². The number of nitrogens with two attached hydrogens (primary N) is 1. The molecular formula is C11H19NO. The van der Waals surface area contributed by atoms with Gasteiger partial charge in [-0.2, -0.15) is 0 Å². The van der Waals surface area contributed by atoms with E-state index in [2.05, 4.69) is 0 Å². The van der Waals surface area contributed by atoms with Gasteiger partial charge in [-0.05, 0) is 44.1 Å². The molecule has 2 rings (SSSR count). The molecule has 2 aliphatic rings. The van der Waals surface area contributed by atoms with Crippen LogP contribution >= 0.6 is 0 Å². The van der Waals surface area contributed by atoms with Crippen molar-refractivity contribution in [3.8, 4) is 0 Å². The second-order valence-corrected chi connectivity index (χ2v) is 4.65. The minimum absolute atomic E-state index is 0.325. The molecule has 0 aromatic carbocycles. The van der Waals surface area contributed by atoms with Crippen LogP contribution in [0.15, 0.2) is 0 Å². The maximum atomic E-state index is 11.8. The Bertz CT molecular complexity index is 198. The third-order valence-corrected chi connectivity index (χ3v) is 3.56. The molecule has 0 heterocycles. The maximum Gasteiger partial charge on any atom is 0.136 e. The fourth-order valence-corrected chi connectivity index (χ4v) is 2.50. The molecule has 2 atom stereocenters. The molecule has 2 nitrogen and oxygen atoms in total. The smallest absolute Gasteiger partial charge is 0.136 e. The lowest BCUT2D eigenvalue weighted by Crippen LogP contribution is -2.25. The lowest BCUT2D eigenvalue weighted by molar-refractivity contribution is -0.124. The molecule has 2 fully saturated rings. The van der Waals surface area contributed by atoms with E-state index in [1.165, 1.54) is 25.7 Å². The van der Waals surface area contributed by atoms with Crippen LogP contribution in [0.4, 0.5) is 0 Å². The molecule has 0 amide bonds. The zero-order valence-electron chi connectivity index (χ0n) is 8.17. The standard InChI is InChI=1S/C11H19NO/c12-7-9-2-1-3-10(9)11(13)6-8-4-5-8/h8-10H,1-7,12H2. The molecule has 2 aliphatic carbocycles. The van der Waals surface area contributed by atoms with E-state index in [1.807, 2.05) is 0 Å². The number of hydrogen-bond donors (Lipinski definition) is 1. The molecule has 0 aliphatic heterocycles. The summed E-state index contributed by atoms with van der Waals surface area (Å²) < 4.78 is 0. The predicted molar refractivity (Wildman–Crippen MR) is 52.2 cm³/mol. The number of carbonyl (C=O) groups excluding carboxylic acids is 1. The Kier molecular flexibility index (Phi) is 2.68. The molecule has 0 aromatic heterocycles. The number of hydrogen-bond acceptors (Lipinski definition) is 2. The van der Waals surface area contributed by atoms with Crippen molar-refractivity contribution in [2.45, 2.75) is 38.5 Å². The van der Waals surface area contributed by atoms with Gasteiger partial charge >= 0.3 is 0 Å². The quantitative estimate of drug-likeness (QED) is 0.717. The van der Waals surface area contributed by atoms with Crippen LogP contribution in [0.1, 0.15) is 38.5 Å². The number of carbonyl (C=O) groups is 1. The summed E-state index contributed by atoms with van der Waals surface area (Å²) in [4.78, 5) is 11.8. The molecule has 2 unspecified atom stereocenters. The van der Waals surface area contributed by atoms with Gasteiger partial charge in [0.15, 0.2) is 0 Å². The van der Waals surface area contributed by atoms with Gasteiger partial charge in [-0.25, -0.2) is 0 Å². The van der Waals surface area contributed by atoms with E-state index in [9.17, 15) is 4.79 Å². The van der Waals surface area contributed by atoms with Crippen LogP contribution in [-0.4, -0.2) is 12.3 Å². The Labute approximate surface area is 79.9 Å². The normalized spacial score (nSPS) is 33.6. The minimum Gasteiger partial charge on any atom is -0.330 e. The van der Waals surface area contributed by atoms with Crippen molar-refractivity contribution in [2.24, 2.45) is 23.5 Å². The van der Waals surface area contributed by atoms with E-state index < -0.39 is 0 Å². The van der Waals surface area contributed by atoms with Gasteiger partial charge in [0.05, 0.1) is 0 Å². The Hall–Kier alpha value is -0.370. The zero-order valence-corrected chi connectivity index (χ0v) is 8.17. The van der Waals surface area contributed by atoms with Gasteiger partial charge in [0, 0.05) is 12.3 Å². The van der Waals surface area contributed by atoms with Gasteiger partial charge in [0.25, 0.3) is 0 Å². The Morgan fingerprint density at radius 1 is 1.23 bits per heavy atom. The fraction of sp³-hybridized carbons (Fsp3) is 0.909. The van der Waals surface area contributed by atoms with Crippen LogP contribution in [0.25, 0.3) is 0 Å². The molecule has 0 aromatic rings. The van der Waals surface area contributed by atoms with Crippen molar-refractivity contribution in [3.63, 3.8) is 0 Å². The van der Waals surface area contributed by atoms with Crippen molar-refractivity contribution < 1.29 is 4.79 Å². The summed E-state index contributed by atoms with van der Waals surface area (Å²) in [5.74, 6) is 2.08. The monoisotopic (exact) mass is 181 g/mol. The topological polar surface area (TPSA) is 43.1 Å². The summed E-state index contributed by atoms with van der Waals surface area (Å²) >= 11 is 0. The predicted octanol–water partition coefficient (Wildman–Crippen LogP) is 1.73. The molecule has 0 bridgehead atoms. The first-order valence-electron chi connectivity index (χ1n) is 5.54. The van der Waals surface area contributed by atoms with E-state index in [4.69, 9.17) is 5.73 Å². The van der Waals surface area contributed by atoms with Gasteiger partial charge in [0.2, 0.25) is 0 Å². The van der Waals surface area contributed by atoms with Crippen LogP contribution in [0.2, 0.25) is 0 Å². The summed E-state index contributed by atoms with van der Waals surface area (Å²) in [7, 11) is 0. The SMILES string of the molecule is NCC1CCCC1C(=O)CC1CC1. The zero-order chi connectivity index (χ0) is 9.26. The first-order valence-corrected chi connectivity index (χ1v) is 5.54.